The number of halogens is 1. The minimum Gasteiger partial charge on any atom is -0.476 e. The van der Waals surface area contributed by atoms with Gasteiger partial charge in [0.05, 0.1) is 0 Å². The predicted octanol–water partition coefficient (Wildman–Crippen LogP) is 0.663. The maximum Gasteiger partial charge on any atom is 0.364 e. The van der Waals surface area contributed by atoms with Gasteiger partial charge in [-0.1, -0.05) is 0 Å². The first kappa shape index (κ1) is 9.10. The van der Waals surface area contributed by atoms with Crippen molar-refractivity contribution < 1.29 is 14.3 Å². The van der Waals surface area contributed by atoms with Crippen LogP contribution in [0.4, 0.5) is 4.39 Å². The van der Waals surface area contributed by atoms with Crippen LogP contribution in [0.2, 0.25) is 0 Å². The molecule has 0 aromatic heterocycles. The molecule has 58 valence electrons. The number of hydrogen-bond acceptors (Lipinski definition) is 2. The fourth-order valence-corrected chi connectivity index (χ4v) is 0.434. The molecule has 0 amide bonds. The van der Waals surface area contributed by atoms with Gasteiger partial charge in [-0.15, -0.1) is 0 Å². The Balaban J connectivity index is 3.58. The first-order chi connectivity index (χ1) is 4.68. The summed E-state index contributed by atoms with van der Waals surface area (Å²) in [5, 5.41) is 8.01. The van der Waals surface area contributed by atoms with Crippen LogP contribution in [0.3, 0.4) is 0 Å². The Morgan fingerprint density at radius 1 is 1.70 bits per heavy atom. The number of aliphatic carboxylic acids is 1. The Bertz CT molecular complexity index is 145. The Labute approximate surface area is 58.3 Å². The van der Waals surface area contributed by atoms with E-state index in [0.717, 1.165) is 6.08 Å². The number of allylic oxidation sites excluding steroid dienone is 1. The van der Waals surface area contributed by atoms with Gasteiger partial charge in [-0.2, -0.15) is 4.39 Å². The number of carbonyl (C=O) groups is 1. The van der Waals surface area contributed by atoms with E-state index in [0.29, 0.717) is 19.4 Å². The zero-order valence-corrected chi connectivity index (χ0v) is 5.51. The van der Waals surface area contributed by atoms with Crippen molar-refractivity contribution in [2.75, 3.05) is 6.54 Å². The highest BCUT2D eigenvalue weighted by Gasteiger charge is 2.02. The molecule has 0 rings (SSSR count). The zero-order valence-electron chi connectivity index (χ0n) is 5.51. The molecule has 0 unspecified atom stereocenters. The molecule has 0 spiro atoms. The quantitative estimate of drug-likeness (QED) is 0.453. The highest BCUT2D eigenvalue weighted by Crippen LogP contribution is 1.99. The van der Waals surface area contributed by atoms with Crippen molar-refractivity contribution >= 4 is 5.97 Å². The Morgan fingerprint density at radius 3 is 2.70 bits per heavy atom. The summed E-state index contributed by atoms with van der Waals surface area (Å²) in [5.74, 6) is -2.62. The summed E-state index contributed by atoms with van der Waals surface area (Å²) in [6.07, 6.45) is 2.02. The molecule has 0 aliphatic heterocycles. The molecule has 0 aromatic carbocycles. The van der Waals surface area contributed by atoms with Gasteiger partial charge in [-0.25, -0.2) is 4.79 Å². The van der Waals surface area contributed by atoms with Crippen molar-refractivity contribution in [3.8, 4) is 0 Å². The number of carboxylic acid groups (broad SMARTS) is 1. The molecular weight excluding hydrogens is 137 g/mol. The van der Waals surface area contributed by atoms with Crippen LogP contribution >= 0.6 is 0 Å². The summed E-state index contributed by atoms with van der Waals surface area (Å²) in [6.45, 7) is 0.448. The maximum absolute atomic E-state index is 12.1. The highest BCUT2D eigenvalue weighted by molar-refractivity contribution is 5.83. The van der Waals surface area contributed by atoms with Crippen molar-refractivity contribution in [3.63, 3.8) is 0 Å². The zero-order chi connectivity index (χ0) is 7.98. The molecule has 10 heavy (non-hydrogen) atoms. The summed E-state index contributed by atoms with van der Waals surface area (Å²) in [6, 6.07) is 0. The van der Waals surface area contributed by atoms with Crippen LogP contribution in [-0.2, 0) is 4.79 Å². The van der Waals surface area contributed by atoms with Gasteiger partial charge in [0.25, 0.3) is 0 Å². The first-order valence-electron chi connectivity index (χ1n) is 2.97. The lowest BCUT2D eigenvalue weighted by molar-refractivity contribution is -0.134. The minimum atomic E-state index is -1.52. The lowest BCUT2D eigenvalue weighted by atomic mass is 10.3. The largest absolute Gasteiger partial charge is 0.476 e. The molecule has 0 aromatic rings. The van der Waals surface area contributed by atoms with E-state index in [1.807, 2.05) is 0 Å². The molecule has 4 heteroatoms. The van der Waals surface area contributed by atoms with Gasteiger partial charge in [0.1, 0.15) is 0 Å². The molecule has 0 heterocycles. The second-order valence-electron chi connectivity index (χ2n) is 1.79. The summed E-state index contributed by atoms with van der Waals surface area (Å²) in [7, 11) is 0. The highest BCUT2D eigenvalue weighted by atomic mass is 19.1. The average molecular weight is 147 g/mol. The van der Waals surface area contributed by atoms with E-state index < -0.39 is 11.8 Å². The van der Waals surface area contributed by atoms with E-state index in [4.69, 9.17) is 10.8 Å². The number of hydrogen-bond donors (Lipinski definition) is 2. The normalized spacial score (nSPS) is 11.6. The Kier molecular flexibility index (Phi) is 4.49. The minimum absolute atomic E-state index is 0.384. The molecule has 0 atom stereocenters. The predicted molar refractivity (Wildman–Crippen MR) is 35.1 cm³/mol. The van der Waals surface area contributed by atoms with Crippen LogP contribution in [0.25, 0.3) is 0 Å². The van der Waals surface area contributed by atoms with Crippen molar-refractivity contribution in [1.29, 1.82) is 0 Å². The van der Waals surface area contributed by atoms with Crippen molar-refractivity contribution in [1.82, 2.24) is 0 Å². The summed E-state index contributed by atoms with van der Waals surface area (Å²) in [4.78, 5) is 9.82. The molecule has 0 aliphatic rings. The standard InChI is InChI=1S/C6H10FNO2/c7-5(6(9)10)3-1-2-4-8/h3H,1-2,4,8H2,(H,9,10)/b5-3-. The first-order valence-corrected chi connectivity index (χ1v) is 2.97. The fourth-order valence-electron chi connectivity index (χ4n) is 0.434. The van der Waals surface area contributed by atoms with Gasteiger partial charge in [-0.3, -0.25) is 0 Å². The van der Waals surface area contributed by atoms with Crippen LogP contribution < -0.4 is 5.73 Å². The van der Waals surface area contributed by atoms with Crippen LogP contribution in [0, 0.1) is 0 Å². The Hall–Kier alpha value is -0.900. The van der Waals surface area contributed by atoms with Crippen LogP contribution in [-0.4, -0.2) is 17.6 Å². The number of nitrogens with two attached hydrogens (primary N) is 1. The molecule has 3 N–H and O–H groups in total. The van der Waals surface area contributed by atoms with E-state index in [1.54, 1.807) is 0 Å². The molecule has 3 nitrogen and oxygen atoms in total. The number of rotatable bonds is 4. The second kappa shape index (κ2) is 4.93. The fraction of sp³-hybridized carbons (Fsp3) is 0.500. The summed E-state index contributed by atoms with van der Waals surface area (Å²) >= 11 is 0. The van der Waals surface area contributed by atoms with Crippen molar-refractivity contribution in [2.24, 2.45) is 5.73 Å². The molecule has 0 radical (unpaired) electrons. The second-order valence-corrected chi connectivity index (χ2v) is 1.79. The van der Waals surface area contributed by atoms with E-state index in [1.165, 1.54) is 0 Å². The number of carboxylic acids is 1. The molecular formula is C6H10FNO2. The topological polar surface area (TPSA) is 63.3 Å². The van der Waals surface area contributed by atoms with Crippen molar-refractivity contribution in [3.05, 3.63) is 11.9 Å². The third-order valence-corrected chi connectivity index (χ3v) is 0.936. The van der Waals surface area contributed by atoms with Gasteiger partial charge < -0.3 is 10.8 Å². The molecule has 0 bridgehead atoms. The van der Waals surface area contributed by atoms with E-state index in [-0.39, 0.29) is 0 Å². The summed E-state index contributed by atoms with van der Waals surface area (Å²) < 4.78 is 12.1. The maximum atomic E-state index is 12.1. The molecule has 0 aliphatic carbocycles. The van der Waals surface area contributed by atoms with Gasteiger partial charge in [0, 0.05) is 0 Å². The monoisotopic (exact) mass is 147 g/mol. The van der Waals surface area contributed by atoms with E-state index >= 15 is 0 Å². The SMILES string of the molecule is NCCC/C=C(\F)C(=O)O. The molecule has 0 fully saturated rings. The third-order valence-electron chi connectivity index (χ3n) is 0.936. The van der Waals surface area contributed by atoms with E-state index in [9.17, 15) is 9.18 Å². The van der Waals surface area contributed by atoms with Gasteiger partial charge >= 0.3 is 5.97 Å². The van der Waals surface area contributed by atoms with Gasteiger partial charge in [-0.05, 0) is 25.5 Å². The van der Waals surface area contributed by atoms with Crippen LogP contribution in [0.5, 0.6) is 0 Å². The third kappa shape index (κ3) is 4.03. The van der Waals surface area contributed by atoms with E-state index in [2.05, 4.69) is 0 Å². The van der Waals surface area contributed by atoms with Crippen LogP contribution in [0.1, 0.15) is 12.8 Å². The van der Waals surface area contributed by atoms with Crippen LogP contribution in [0.15, 0.2) is 11.9 Å². The van der Waals surface area contributed by atoms with Gasteiger partial charge in [0.2, 0.25) is 5.83 Å². The smallest absolute Gasteiger partial charge is 0.364 e. The lowest BCUT2D eigenvalue weighted by Gasteiger charge is -1.89. The molecule has 0 saturated carbocycles. The van der Waals surface area contributed by atoms with Gasteiger partial charge in [0.15, 0.2) is 0 Å². The summed E-state index contributed by atoms with van der Waals surface area (Å²) in [5.41, 5.74) is 5.09. The van der Waals surface area contributed by atoms with Crippen molar-refractivity contribution in [2.45, 2.75) is 12.8 Å². The Morgan fingerprint density at radius 2 is 2.30 bits per heavy atom. The average Bonchev–Trinajstić information content (AvgIpc) is 1.88. The molecule has 0 saturated heterocycles. The number of unbranched alkanes of at least 4 members (excludes halogenated alkanes) is 1. The lowest BCUT2D eigenvalue weighted by Crippen LogP contribution is -1.98.